The number of hydrogen-bond donors (Lipinski definition) is 1. The monoisotopic (exact) mass is 454 g/mol. The zero-order chi connectivity index (χ0) is 22.8. The lowest BCUT2D eigenvalue weighted by Gasteiger charge is -2.33. The molecule has 0 saturated heterocycles. The first-order valence-electron chi connectivity index (χ1n) is 6.40. The highest BCUT2D eigenvalue weighted by molar-refractivity contribution is 7.86. The molecule has 0 aromatic rings. The molecule has 0 aromatic carbocycles. The molecular weight excluding hydrogens is 444 g/mol. The molecule has 2 unspecified atom stereocenters. The maximum atomic E-state index is 13.3. The van der Waals surface area contributed by atoms with E-state index in [0.717, 1.165) is 0 Å². The van der Waals surface area contributed by atoms with Crippen LogP contribution >= 0.6 is 0 Å². The number of carbonyl (C=O) groups is 2. The molecule has 17 heteroatoms. The number of hydrogen-bond acceptors (Lipinski definition) is 7. The number of halogens is 8. The molecule has 8 nitrogen and oxygen atoms in total. The van der Waals surface area contributed by atoms with E-state index in [2.05, 4.69) is 20.8 Å². The lowest BCUT2D eigenvalue weighted by molar-refractivity contribution is -0.363. The second kappa shape index (κ2) is 8.16. The normalized spacial score (nSPS) is 16.6. The van der Waals surface area contributed by atoms with E-state index in [1.54, 1.807) is 0 Å². The van der Waals surface area contributed by atoms with E-state index in [1.165, 1.54) is 0 Å². The smallest absolute Gasteiger partial charge is 0.448 e. The number of ether oxygens (including phenoxy) is 3. The van der Waals surface area contributed by atoms with E-state index in [-0.39, 0.29) is 13.0 Å². The van der Waals surface area contributed by atoms with Gasteiger partial charge in [-0.05, 0) is 6.92 Å². The fraction of sp³-hybridized carbons (Fsp3) is 0.636. The molecule has 0 saturated carbocycles. The average Bonchev–Trinajstić information content (AvgIpc) is 2.47. The molecule has 164 valence electrons. The van der Waals surface area contributed by atoms with Crippen molar-refractivity contribution in [1.29, 1.82) is 0 Å². The van der Waals surface area contributed by atoms with Crippen LogP contribution in [0.4, 0.5) is 35.1 Å². The van der Waals surface area contributed by atoms with Gasteiger partial charge in [0.1, 0.15) is 6.61 Å². The molecule has 0 spiro atoms. The summed E-state index contributed by atoms with van der Waals surface area (Å²) in [5, 5.41) is -5.49. The van der Waals surface area contributed by atoms with Crippen LogP contribution in [0, 0.1) is 0 Å². The Morgan fingerprint density at radius 1 is 1.11 bits per heavy atom. The summed E-state index contributed by atoms with van der Waals surface area (Å²) in [6.45, 7) is -0.303. The standard InChI is InChI=1S/C11H10F8O8S/c1-3-6(20)27-9(11(17,18)19,7(21)26-5(2)10(14,15)16)25-4-8(12,13)28(22,23)24/h3,5H,1,4H2,2H3,(H,22,23,24). The Hall–Kier alpha value is -2.01. The van der Waals surface area contributed by atoms with Gasteiger partial charge in [0.2, 0.25) is 0 Å². The zero-order valence-corrected chi connectivity index (χ0v) is 14.1. The predicted octanol–water partition coefficient (Wildman–Crippen LogP) is 1.97. The molecule has 0 bridgehead atoms. The van der Waals surface area contributed by atoms with Crippen molar-refractivity contribution in [3.05, 3.63) is 12.7 Å². The van der Waals surface area contributed by atoms with Crippen LogP contribution in [0.2, 0.25) is 0 Å². The Bertz CT molecular complexity index is 713. The Morgan fingerprint density at radius 2 is 1.57 bits per heavy atom. The van der Waals surface area contributed by atoms with Gasteiger partial charge in [0.05, 0.1) is 0 Å². The minimum Gasteiger partial charge on any atom is -0.448 e. The lowest BCUT2D eigenvalue weighted by atomic mass is 10.2. The highest BCUT2D eigenvalue weighted by Gasteiger charge is 2.69. The van der Waals surface area contributed by atoms with Gasteiger partial charge >= 0.3 is 45.5 Å². The third kappa shape index (κ3) is 5.99. The first-order valence-corrected chi connectivity index (χ1v) is 7.84. The van der Waals surface area contributed by atoms with Crippen molar-refractivity contribution in [3.8, 4) is 0 Å². The summed E-state index contributed by atoms with van der Waals surface area (Å²) in [6, 6.07) is 0. The van der Waals surface area contributed by atoms with Gasteiger partial charge in [-0.1, -0.05) is 6.58 Å². The summed E-state index contributed by atoms with van der Waals surface area (Å²) >= 11 is 0. The van der Waals surface area contributed by atoms with Crippen LogP contribution in [0.3, 0.4) is 0 Å². The van der Waals surface area contributed by atoms with Crippen molar-refractivity contribution in [2.24, 2.45) is 0 Å². The molecule has 0 aliphatic rings. The first-order chi connectivity index (χ1) is 12.2. The average molecular weight is 454 g/mol. The lowest BCUT2D eigenvalue weighted by Crippen LogP contribution is -2.60. The molecule has 0 rings (SSSR count). The van der Waals surface area contributed by atoms with Gasteiger partial charge in [-0.3, -0.25) is 4.55 Å². The van der Waals surface area contributed by atoms with Gasteiger partial charge in [-0.2, -0.15) is 43.5 Å². The number of rotatable bonds is 8. The number of alkyl halides is 8. The molecule has 0 fully saturated rings. The quantitative estimate of drug-likeness (QED) is 0.195. The Kier molecular flexibility index (Phi) is 7.57. The Labute approximate surface area is 150 Å². The first kappa shape index (κ1) is 26.0. The third-order valence-electron chi connectivity index (χ3n) is 2.62. The summed E-state index contributed by atoms with van der Waals surface area (Å²) in [7, 11) is -6.39. The molecule has 0 aromatic heterocycles. The minimum atomic E-state index is -6.39. The van der Waals surface area contributed by atoms with Gasteiger partial charge in [0, 0.05) is 6.08 Å². The molecular formula is C11H10F8O8S. The van der Waals surface area contributed by atoms with Crippen LogP contribution in [-0.4, -0.2) is 61.0 Å². The van der Waals surface area contributed by atoms with E-state index >= 15 is 0 Å². The van der Waals surface area contributed by atoms with Crippen LogP contribution in [-0.2, 0) is 33.9 Å². The molecule has 0 radical (unpaired) electrons. The summed E-state index contributed by atoms with van der Waals surface area (Å²) in [6.07, 6.45) is -15.1. The van der Waals surface area contributed by atoms with Crippen molar-refractivity contribution in [2.75, 3.05) is 6.61 Å². The second-order valence-electron chi connectivity index (χ2n) is 4.73. The maximum absolute atomic E-state index is 13.3. The van der Waals surface area contributed by atoms with Gasteiger partial charge in [-0.25, -0.2) is 9.59 Å². The number of carbonyl (C=O) groups excluding carboxylic acids is 2. The summed E-state index contributed by atoms with van der Waals surface area (Å²) in [4.78, 5) is 22.7. The topological polar surface area (TPSA) is 116 Å². The molecule has 28 heavy (non-hydrogen) atoms. The van der Waals surface area contributed by atoms with Crippen molar-refractivity contribution in [1.82, 2.24) is 0 Å². The zero-order valence-electron chi connectivity index (χ0n) is 13.3. The highest BCUT2D eigenvalue weighted by atomic mass is 32.2. The fourth-order valence-electron chi connectivity index (χ4n) is 1.13. The van der Waals surface area contributed by atoms with Gasteiger partial charge in [0.25, 0.3) is 0 Å². The van der Waals surface area contributed by atoms with E-state index < -0.39 is 58.2 Å². The SMILES string of the molecule is C=CC(=O)OC(OCC(F)(F)S(=O)(=O)O)(C(=O)OC(C)C(F)(F)F)C(F)(F)F. The summed E-state index contributed by atoms with van der Waals surface area (Å²) < 4.78 is 143. The number of esters is 2. The van der Waals surface area contributed by atoms with Crippen molar-refractivity contribution < 1.29 is 71.9 Å². The van der Waals surface area contributed by atoms with Crippen LogP contribution in [0.25, 0.3) is 0 Å². The molecule has 0 aliphatic heterocycles. The fourth-order valence-corrected chi connectivity index (χ4v) is 1.34. The van der Waals surface area contributed by atoms with Gasteiger partial charge in [-0.15, -0.1) is 0 Å². The minimum absolute atomic E-state index is 0.0428. The Balaban J connectivity index is 6.21. The molecule has 0 heterocycles. The molecule has 0 amide bonds. The molecule has 1 N–H and O–H groups in total. The largest absolute Gasteiger partial charge is 0.468 e. The Morgan fingerprint density at radius 3 is 1.89 bits per heavy atom. The van der Waals surface area contributed by atoms with Crippen molar-refractivity contribution >= 4 is 22.1 Å². The van der Waals surface area contributed by atoms with E-state index in [4.69, 9.17) is 4.55 Å². The van der Waals surface area contributed by atoms with Crippen molar-refractivity contribution in [2.45, 2.75) is 36.4 Å². The van der Waals surface area contributed by atoms with E-state index in [1.807, 2.05) is 0 Å². The molecule has 0 aliphatic carbocycles. The molecule has 2 atom stereocenters. The maximum Gasteiger partial charge on any atom is 0.468 e. The van der Waals surface area contributed by atoms with E-state index in [0.29, 0.717) is 0 Å². The van der Waals surface area contributed by atoms with Crippen LogP contribution in [0.1, 0.15) is 6.92 Å². The predicted molar refractivity (Wildman–Crippen MR) is 69.1 cm³/mol. The van der Waals surface area contributed by atoms with Crippen LogP contribution in [0.15, 0.2) is 12.7 Å². The highest BCUT2D eigenvalue weighted by Crippen LogP contribution is 2.39. The second-order valence-corrected chi connectivity index (χ2v) is 6.28. The summed E-state index contributed by atoms with van der Waals surface area (Å²) in [5.41, 5.74) is 0. The van der Waals surface area contributed by atoms with Crippen LogP contribution < -0.4 is 0 Å². The van der Waals surface area contributed by atoms with E-state index in [9.17, 15) is 53.1 Å². The summed E-state index contributed by atoms with van der Waals surface area (Å²) in [5.74, 6) is -10.6. The van der Waals surface area contributed by atoms with Gasteiger partial charge < -0.3 is 14.2 Å². The van der Waals surface area contributed by atoms with Crippen molar-refractivity contribution in [3.63, 3.8) is 0 Å². The van der Waals surface area contributed by atoms with Crippen LogP contribution in [0.5, 0.6) is 0 Å². The third-order valence-corrected chi connectivity index (χ3v) is 3.49. The van der Waals surface area contributed by atoms with Gasteiger partial charge in [0.15, 0.2) is 6.10 Å².